The fraction of sp³-hybridized carbons (Fsp3) is 0.714. The molecule has 0 bridgehead atoms. The van der Waals surface area contributed by atoms with E-state index in [1.54, 1.807) is 6.07 Å². The highest BCUT2D eigenvalue weighted by molar-refractivity contribution is 9.10. The minimum absolute atomic E-state index is 0.153. The van der Waals surface area contributed by atoms with Crippen molar-refractivity contribution < 1.29 is 12.8 Å². The summed E-state index contributed by atoms with van der Waals surface area (Å²) in [4.78, 5) is 0.159. The summed E-state index contributed by atoms with van der Waals surface area (Å²) < 4.78 is 33.3. The molecule has 5 nitrogen and oxygen atoms in total. The predicted octanol–water partition coefficient (Wildman–Crippen LogP) is 3.01. The average molecular weight is 379 g/mol. The van der Waals surface area contributed by atoms with E-state index in [0.717, 1.165) is 0 Å². The van der Waals surface area contributed by atoms with E-state index in [1.807, 2.05) is 27.7 Å². The molecule has 120 valence electrons. The Hall–Kier alpha value is -0.370. The summed E-state index contributed by atoms with van der Waals surface area (Å²) in [6.07, 6.45) is 2.36. The van der Waals surface area contributed by atoms with Gasteiger partial charge in [0.25, 0.3) is 0 Å². The molecule has 0 aromatic carbocycles. The minimum Gasteiger partial charge on any atom is -0.452 e. The van der Waals surface area contributed by atoms with Gasteiger partial charge in [-0.2, -0.15) is 0 Å². The molecule has 0 aliphatic heterocycles. The lowest BCUT2D eigenvalue weighted by molar-refractivity contribution is 0.317. The van der Waals surface area contributed by atoms with Crippen LogP contribution in [0.3, 0.4) is 0 Å². The Labute approximate surface area is 135 Å². The molecule has 0 radical (unpaired) electrons. The van der Waals surface area contributed by atoms with Crippen molar-refractivity contribution in [1.29, 1.82) is 0 Å². The minimum atomic E-state index is -3.59. The maximum atomic E-state index is 12.5. The van der Waals surface area contributed by atoms with Gasteiger partial charge < -0.3 is 9.73 Å². The van der Waals surface area contributed by atoms with E-state index in [1.165, 1.54) is 12.8 Å². The third kappa shape index (κ3) is 4.55. The monoisotopic (exact) mass is 378 g/mol. The van der Waals surface area contributed by atoms with Crippen molar-refractivity contribution in [2.45, 2.75) is 64.1 Å². The second kappa shape index (κ2) is 6.02. The van der Waals surface area contributed by atoms with Gasteiger partial charge in [-0.1, -0.05) is 20.8 Å². The zero-order chi connectivity index (χ0) is 15.8. The van der Waals surface area contributed by atoms with Crippen molar-refractivity contribution in [3.05, 3.63) is 16.5 Å². The highest BCUT2D eigenvalue weighted by Gasteiger charge is 2.29. The molecule has 2 N–H and O–H groups in total. The van der Waals surface area contributed by atoms with Crippen LogP contribution >= 0.6 is 15.9 Å². The fourth-order valence-corrected chi connectivity index (χ4v) is 4.12. The number of hydrogen-bond acceptors (Lipinski definition) is 4. The van der Waals surface area contributed by atoms with Crippen LogP contribution in [0.4, 0.5) is 0 Å². The molecule has 0 amide bonds. The van der Waals surface area contributed by atoms with Crippen LogP contribution in [-0.4, -0.2) is 20.5 Å². The van der Waals surface area contributed by atoms with Crippen molar-refractivity contribution in [1.82, 2.24) is 10.0 Å². The largest absolute Gasteiger partial charge is 0.452 e. The molecule has 0 spiro atoms. The molecule has 0 saturated heterocycles. The Morgan fingerprint density at radius 2 is 2.05 bits per heavy atom. The number of nitrogens with one attached hydrogen (secondary N) is 2. The molecule has 1 saturated carbocycles. The van der Waals surface area contributed by atoms with Crippen LogP contribution < -0.4 is 10.0 Å². The zero-order valence-corrected chi connectivity index (χ0v) is 15.3. The van der Waals surface area contributed by atoms with Gasteiger partial charge in [0, 0.05) is 18.2 Å². The Bertz CT molecular complexity index is 600. The second-order valence-electron chi connectivity index (χ2n) is 6.71. The van der Waals surface area contributed by atoms with Crippen molar-refractivity contribution in [2.24, 2.45) is 5.41 Å². The number of sulfonamides is 1. The molecule has 7 heteroatoms. The SMILES string of the molecule is CC(NS(=O)(=O)c1cc(CNC2CC2)oc1Br)C(C)(C)C. The van der Waals surface area contributed by atoms with Crippen LogP contribution in [-0.2, 0) is 16.6 Å². The normalized spacial score (nSPS) is 18.0. The average Bonchev–Trinajstić information content (AvgIpc) is 3.07. The molecule has 1 fully saturated rings. The van der Waals surface area contributed by atoms with Gasteiger partial charge in [-0.3, -0.25) is 0 Å². The first-order valence-corrected chi connectivity index (χ1v) is 9.41. The third-order valence-electron chi connectivity index (χ3n) is 3.77. The van der Waals surface area contributed by atoms with Gasteiger partial charge in [0.1, 0.15) is 10.7 Å². The molecule has 1 aromatic rings. The van der Waals surface area contributed by atoms with E-state index in [9.17, 15) is 8.42 Å². The quantitative estimate of drug-likeness (QED) is 0.797. The first kappa shape index (κ1) is 17.0. The Balaban J connectivity index is 2.11. The zero-order valence-electron chi connectivity index (χ0n) is 12.9. The smallest absolute Gasteiger partial charge is 0.245 e. The number of furan rings is 1. The third-order valence-corrected chi connectivity index (χ3v) is 6.17. The summed E-state index contributed by atoms with van der Waals surface area (Å²) in [5.41, 5.74) is -0.153. The lowest BCUT2D eigenvalue weighted by Crippen LogP contribution is -2.41. The molecule has 1 unspecified atom stereocenters. The number of halogens is 1. The van der Waals surface area contributed by atoms with E-state index in [4.69, 9.17) is 4.42 Å². The molecule has 1 aliphatic rings. The van der Waals surface area contributed by atoms with E-state index >= 15 is 0 Å². The van der Waals surface area contributed by atoms with E-state index < -0.39 is 10.0 Å². The Morgan fingerprint density at radius 1 is 1.43 bits per heavy atom. The van der Waals surface area contributed by atoms with Crippen LogP contribution in [0.5, 0.6) is 0 Å². The molecular formula is C14H23BrN2O3S. The summed E-state index contributed by atoms with van der Waals surface area (Å²) in [5, 5.41) is 3.30. The second-order valence-corrected chi connectivity index (χ2v) is 9.12. The number of rotatable bonds is 6. The highest BCUT2D eigenvalue weighted by atomic mass is 79.9. The van der Waals surface area contributed by atoms with Gasteiger partial charge in [0.05, 0.1) is 6.54 Å². The Morgan fingerprint density at radius 3 is 2.57 bits per heavy atom. The van der Waals surface area contributed by atoms with E-state index in [-0.39, 0.29) is 21.0 Å². The summed E-state index contributed by atoms with van der Waals surface area (Å²) >= 11 is 3.20. The van der Waals surface area contributed by atoms with Crippen molar-refractivity contribution in [2.75, 3.05) is 0 Å². The molecule has 2 rings (SSSR count). The lowest BCUT2D eigenvalue weighted by atomic mass is 9.89. The first-order valence-electron chi connectivity index (χ1n) is 7.13. The Kier molecular flexibility index (Phi) is 4.87. The molecule has 1 aromatic heterocycles. The molecule has 1 atom stereocenters. The molecule has 21 heavy (non-hydrogen) atoms. The maximum Gasteiger partial charge on any atom is 0.245 e. The van der Waals surface area contributed by atoms with Crippen molar-refractivity contribution in [3.8, 4) is 0 Å². The standard InChI is InChI=1S/C14H23BrN2O3S/c1-9(14(2,3)4)17-21(18,19)12-7-11(20-13(12)15)8-16-10-5-6-10/h7,9-10,16-17H,5-6,8H2,1-4H3. The van der Waals surface area contributed by atoms with Crippen LogP contribution in [0.2, 0.25) is 0 Å². The molecule has 1 aliphatic carbocycles. The fourth-order valence-electron chi connectivity index (χ4n) is 1.67. The van der Waals surface area contributed by atoms with E-state index in [0.29, 0.717) is 18.3 Å². The summed E-state index contributed by atoms with van der Waals surface area (Å²) in [6.45, 7) is 8.40. The van der Waals surface area contributed by atoms with Crippen LogP contribution in [0.25, 0.3) is 0 Å². The topological polar surface area (TPSA) is 71.3 Å². The maximum absolute atomic E-state index is 12.5. The van der Waals surface area contributed by atoms with Gasteiger partial charge >= 0.3 is 0 Å². The summed E-state index contributed by atoms with van der Waals surface area (Å²) in [5.74, 6) is 0.623. The summed E-state index contributed by atoms with van der Waals surface area (Å²) in [7, 11) is -3.59. The van der Waals surface area contributed by atoms with Crippen LogP contribution in [0.15, 0.2) is 20.0 Å². The van der Waals surface area contributed by atoms with Gasteiger partial charge in [0.2, 0.25) is 10.0 Å². The van der Waals surface area contributed by atoms with Gasteiger partial charge in [-0.25, -0.2) is 13.1 Å². The first-order chi connectivity index (χ1) is 9.59. The summed E-state index contributed by atoms with van der Waals surface area (Å²) in [6, 6.07) is 1.95. The predicted molar refractivity (Wildman–Crippen MR) is 85.5 cm³/mol. The van der Waals surface area contributed by atoms with Gasteiger partial charge in [-0.15, -0.1) is 0 Å². The highest BCUT2D eigenvalue weighted by Crippen LogP contribution is 2.28. The van der Waals surface area contributed by atoms with E-state index in [2.05, 4.69) is 26.0 Å². The van der Waals surface area contributed by atoms with Crippen LogP contribution in [0.1, 0.15) is 46.3 Å². The van der Waals surface area contributed by atoms with Crippen molar-refractivity contribution >= 4 is 26.0 Å². The lowest BCUT2D eigenvalue weighted by Gasteiger charge is -2.27. The van der Waals surface area contributed by atoms with Gasteiger partial charge in [0.15, 0.2) is 4.67 Å². The number of hydrogen-bond donors (Lipinski definition) is 2. The molecule has 1 heterocycles. The van der Waals surface area contributed by atoms with Gasteiger partial charge in [-0.05, 0) is 41.1 Å². The molecular weight excluding hydrogens is 356 g/mol. The van der Waals surface area contributed by atoms with Crippen LogP contribution in [0, 0.1) is 5.41 Å². The van der Waals surface area contributed by atoms with Crippen molar-refractivity contribution in [3.63, 3.8) is 0 Å².